The summed E-state index contributed by atoms with van der Waals surface area (Å²) in [6.07, 6.45) is -2.77. The molecule has 1 unspecified atom stereocenters. The highest BCUT2D eigenvalue weighted by Gasteiger charge is 2.33. The first-order valence-electron chi connectivity index (χ1n) is 8.02. The van der Waals surface area contributed by atoms with Gasteiger partial charge in [0.05, 0.1) is 15.6 Å². The van der Waals surface area contributed by atoms with Crippen molar-refractivity contribution in [2.45, 2.75) is 30.1 Å². The summed E-state index contributed by atoms with van der Waals surface area (Å²) in [5.74, 6) is -0.207. The number of pyridine rings is 1. The summed E-state index contributed by atoms with van der Waals surface area (Å²) in [6, 6.07) is 2.72. The summed E-state index contributed by atoms with van der Waals surface area (Å²) in [4.78, 5) is 14.1. The van der Waals surface area contributed by atoms with E-state index in [2.05, 4.69) is 25.2 Å². The Balaban J connectivity index is 1.88. The van der Waals surface area contributed by atoms with E-state index >= 15 is 0 Å². The zero-order valence-corrected chi connectivity index (χ0v) is 16.5. The van der Waals surface area contributed by atoms with Crippen LogP contribution in [0.25, 0.3) is 10.1 Å². The number of fused-ring (bicyclic) bond motifs is 1. The third-order valence-corrected chi connectivity index (χ3v) is 5.73. The van der Waals surface area contributed by atoms with E-state index in [1.165, 1.54) is 5.56 Å². The van der Waals surface area contributed by atoms with Crippen LogP contribution in [0.1, 0.15) is 29.1 Å². The van der Waals surface area contributed by atoms with Gasteiger partial charge in [-0.15, -0.1) is 11.3 Å². The van der Waals surface area contributed by atoms with E-state index in [0.29, 0.717) is 0 Å². The largest absolute Gasteiger partial charge is 0.433 e. The quantitative estimate of drug-likeness (QED) is 0.487. The lowest BCUT2D eigenvalue weighted by Gasteiger charge is -2.13. The van der Waals surface area contributed by atoms with Gasteiger partial charge in [-0.3, -0.25) is 4.98 Å². The number of nitrogen functional groups attached to an aromatic ring is 1. The number of hydrogen-bond donors (Lipinski definition) is 1. The fraction of sp³-hybridized carbons (Fsp3) is 0.353. The molecule has 0 fully saturated rings. The number of alkyl halides is 3. The Kier molecular flexibility index (Phi) is 5.59. The zero-order chi connectivity index (χ0) is 19.8. The Labute approximate surface area is 162 Å². The second kappa shape index (κ2) is 7.61. The number of hydrogen-bond acceptors (Lipinski definition) is 7. The zero-order valence-electron chi connectivity index (χ0n) is 14.9. The lowest BCUT2D eigenvalue weighted by atomic mass is 10.1. The molecule has 3 aromatic heterocycles. The number of nitrogens with zero attached hydrogens (tertiary/aromatic N) is 4. The lowest BCUT2D eigenvalue weighted by molar-refractivity contribution is -0.141. The molecule has 5 nitrogen and oxygen atoms in total. The van der Waals surface area contributed by atoms with Crippen molar-refractivity contribution in [2.75, 3.05) is 19.8 Å². The summed E-state index contributed by atoms with van der Waals surface area (Å²) < 4.78 is 39.9. The molecule has 0 saturated carbocycles. The maximum Gasteiger partial charge on any atom is 0.433 e. The van der Waals surface area contributed by atoms with Crippen molar-refractivity contribution in [3.63, 3.8) is 0 Å². The molecule has 3 aromatic rings. The van der Waals surface area contributed by atoms with E-state index in [9.17, 15) is 13.2 Å². The number of thioether (sulfide) groups is 1. The van der Waals surface area contributed by atoms with Gasteiger partial charge in [0.25, 0.3) is 0 Å². The van der Waals surface area contributed by atoms with E-state index in [-0.39, 0.29) is 16.2 Å². The number of thiophene rings is 1. The normalized spacial score (nSPS) is 13.4. The molecular weight excluding hydrogens is 395 g/mol. The Morgan fingerprint density at radius 3 is 2.67 bits per heavy atom. The fourth-order valence-electron chi connectivity index (χ4n) is 2.55. The van der Waals surface area contributed by atoms with Crippen LogP contribution >= 0.6 is 23.1 Å². The molecule has 0 aliphatic rings. The van der Waals surface area contributed by atoms with E-state index < -0.39 is 11.9 Å². The van der Waals surface area contributed by atoms with Crippen LogP contribution in [-0.4, -0.2) is 33.9 Å². The first-order valence-corrected chi connectivity index (χ1v) is 9.78. The minimum Gasteiger partial charge on any atom is -0.384 e. The summed E-state index contributed by atoms with van der Waals surface area (Å²) >= 11 is 2.73. The lowest BCUT2D eigenvalue weighted by Crippen LogP contribution is -2.11. The Hall–Kier alpha value is -1.91. The highest BCUT2D eigenvalue weighted by molar-refractivity contribution is 7.99. The Morgan fingerprint density at radius 1 is 1.26 bits per heavy atom. The molecule has 0 saturated heterocycles. The van der Waals surface area contributed by atoms with E-state index in [1.54, 1.807) is 17.5 Å². The first-order chi connectivity index (χ1) is 12.6. The second-order valence-corrected chi connectivity index (χ2v) is 8.54. The Bertz CT molecular complexity index is 955. The molecule has 0 amide bonds. The number of anilines is 1. The van der Waals surface area contributed by atoms with Crippen molar-refractivity contribution in [1.29, 1.82) is 0 Å². The molecule has 2 N–H and O–H groups in total. The maximum atomic E-state index is 12.9. The average Bonchev–Trinajstić information content (AvgIpc) is 2.95. The van der Waals surface area contributed by atoms with Gasteiger partial charge in [-0.2, -0.15) is 13.2 Å². The van der Waals surface area contributed by atoms with E-state index in [4.69, 9.17) is 5.73 Å². The number of nitrogens with two attached hydrogens (primary N) is 1. The third kappa shape index (κ3) is 4.69. The average molecular weight is 413 g/mol. The number of aromatic nitrogens is 3. The van der Waals surface area contributed by atoms with Gasteiger partial charge in [0.15, 0.2) is 10.9 Å². The summed E-state index contributed by atoms with van der Waals surface area (Å²) in [5.41, 5.74) is 6.42. The van der Waals surface area contributed by atoms with Crippen LogP contribution < -0.4 is 5.73 Å². The van der Waals surface area contributed by atoms with Crippen molar-refractivity contribution in [3.05, 3.63) is 40.7 Å². The summed E-state index contributed by atoms with van der Waals surface area (Å²) in [6.45, 7) is 2.66. The summed E-state index contributed by atoms with van der Waals surface area (Å²) in [7, 11) is 4.00. The van der Waals surface area contributed by atoms with Crippen LogP contribution in [-0.2, 0) is 12.7 Å². The van der Waals surface area contributed by atoms with Crippen molar-refractivity contribution in [3.8, 4) is 0 Å². The molecule has 27 heavy (non-hydrogen) atoms. The molecule has 10 heteroatoms. The van der Waals surface area contributed by atoms with Gasteiger partial charge in [-0.1, -0.05) is 11.8 Å². The molecule has 144 valence electrons. The van der Waals surface area contributed by atoms with Crippen LogP contribution in [0.5, 0.6) is 0 Å². The standard InChI is InChI=1S/C17H18F3N5S2/c1-9(27-16-23-14(17(18,19)20)5-15(21)24-16)12-4-11-10(7-25(2)3)8-26-13(11)6-22-12/h4-6,8-9H,7H2,1-3H3,(H2,21,23,24). The van der Waals surface area contributed by atoms with Gasteiger partial charge in [0.2, 0.25) is 0 Å². The van der Waals surface area contributed by atoms with Gasteiger partial charge in [-0.25, -0.2) is 9.97 Å². The second-order valence-electron chi connectivity index (χ2n) is 6.32. The van der Waals surface area contributed by atoms with Gasteiger partial charge in [0, 0.05) is 24.2 Å². The molecule has 0 spiro atoms. The van der Waals surface area contributed by atoms with E-state index in [1.807, 2.05) is 27.1 Å². The predicted molar refractivity (Wildman–Crippen MR) is 103 cm³/mol. The van der Waals surface area contributed by atoms with Gasteiger partial charge >= 0.3 is 6.18 Å². The molecular formula is C17H18F3N5S2. The molecule has 0 bridgehead atoms. The molecule has 0 aromatic carbocycles. The monoisotopic (exact) mass is 413 g/mol. The van der Waals surface area contributed by atoms with Gasteiger partial charge in [0.1, 0.15) is 5.82 Å². The van der Waals surface area contributed by atoms with Crippen molar-refractivity contribution in [2.24, 2.45) is 0 Å². The Morgan fingerprint density at radius 2 is 2.00 bits per heavy atom. The van der Waals surface area contributed by atoms with Crippen LogP contribution in [0.4, 0.5) is 19.0 Å². The number of halogens is 3. The van der Waals surface area contributed by atoms with Crippen LogP contribution in [0.2, 0.25) is 0 Å². The van der Waals surface area contributed by atoms with Crippen LogP contribution in [0.15, 0.2) is 28.9 Å². The minimum absolute atomic E-state index is 0.0180. The van der Waals surface area contributed by atoms with Crippen molar-refractivity contribution in [1.82, 2.24) is 19.9 Å². The fourth-order valence-corrected chi connectivity index (χ4v) is 4.32. The van der Waals surface area contributed by atoms with Crippen molar-refractivity contribution < 1.29 is 13.2 Å². The molecule has 1 atom stereocenters. The third-order valence-electron chi connectivity index (χ3n) is 3.76. The molecule has 3 heterocycles. The molecule has 0 radical (unpaired) electrons. The topological polar surface area (TPSA) is 67.9 Å². The molecule has 0 aliphatic carbocycles. The van der Waals surface area contributed by atoms with Crippen LogP contribution in [0.3, 0.4) is 0 Å². The van der Waals surface area contributed by atoms with Crippen molar-refractivity contribution >= 4 is 39.0 Å². The van der Waals surface area contributed by atoms with Gasteiger partial charge in [-0.05, 0) is 38.0 Å². The first kappa shape index (κ1) is 19.8. The van der Waals surface area contributed by atoms with E-state index in [0.717, 1.165) is 40.2 Å². The number of rotatable bonds is 5. The summed E-state index contributed by atoms with van der Waals surface area (Å²) in [5, 5.41) is 2.96. The predicted octanol–water partition coefficient (Wildman–Crippen LogP) is 4.60. The minimum atomic E-state index is -4.56. The molecule has 0 aliphatic heterocycles. The SMILES string of the molecule is CC(Sc1nc(N)cc(C(F)(F)F)n1)c1cc2c(CN(C)C)csc2cn1. The van der Waals surface area contributed by atoms with Crippen LogP contribution in [0, 0.1) is 0 Å². The highest BCUT2D eigenvalue weighted by atomic mass is 32.2. The highest BCUT2D eigenvalue weighted by Crippen LogP contribution is 2.37. The smallest absolute Gasteiger partial charge is 0.384 e. The van der Waals surface area contributed by atoms with Gasteiger partial charge < -0.3 is 10.6 Å². The molecule has 3 rings (SSSR count). The maximum absolute atomic E-state index is 12.9.